The summed E-state index contributed by atoms with van der Waals surface area (Å²) in [6.07, 6.45) is 5.09. The van der Waals surface area contributed by atoms with E-state index in [2.05, 4.69) is 9.97 Å². The van der Waals surface area contributed by atoms with Gasteiger partial charge in [0.15, 0.2) is 5.78 Å². The molecule has 13 heavy (non-hydrogen) atoms. The lowest BCUT2D eigenvalue weighted by atomic mass is 10.2. The van der Waals surface area contributed by atoms with Gasteiger partial charge < -0.3 is 0 Å². The molecule has 3 heteroatoms. The number of fused-ring (bicyclic) bond motifs is 1. The molecule has 0 aliphatic heterocycles. The van der Waals surface area contributed by atoms with Crippen LogP contribution in [0.1, 0.15) is 17.4 Å². The van der Waals surface area contributed by atoms with Crippen LogP contribution in [0.5, 0.6) is 0 Å². The average Bonchev–Trinajstić information content (AvgIpc) is 2.17. The van der Waals surface area contributed by atoms with Crippen LogP contribution >= 0.6 is 0 Å². The van der Waals surface area contributed by atoms with E-state index in [4.69, 9.17) is 0 Å². The van der Waals surface area contributed by atoms with Crippen molar-refractivity contribution in [3.05, 3.63) is 36.4 Å². The summed E-state index contributed by atoms with van der Waals surface area (Å²) < 4.78 is 0. The second kappa shape index (κ2) is 2.94. The third-order valence-corrected chi connectivity index (χ3v) is 1.88. The topological polar surface area (TPSA) is 42.9 Å². The summed E-state index contributed by atoms with van der Waals surface area (Å²) in [4.78, 5) is 19.0. The number of carbonyl (C=O) groups is 1. The summed E-state index contributed by atoms with van der Waals surface area (Å²) in [7, 11) is 0. The fraction of sp³-hybridized carbons (Fsp3) is 0.100. The third kappa shape index (κ3) is 1.40. The normalized spacial score (nSPS) is 10.2. The first-order chi connectivity index (χ1) is 6.27. The zero-order valence-electron chi connectivity index (χ0n) is 7.19. The molecule has 2 rings (SSSR count). The van der Waals surface area contributed by atoms with Crippen LogP contribution in [0.2, 0.25) is 0 Å². The van der Waals surface area contributed by atoms with Crippen molar-refractivity contribution < 1.29 is 4.79 Å². The van der Waals surface area contributed by atoms with E-state index >= 15 is 0 Å². The molecule has 0 spiro atoms. The summed E-state index contributed by atoms with van der Waals surface area (Å²) in [6.45, 7) is 1.51. The Bertz CT molecular complexity index is 465. The monoisotopic (exact) mass is 172 g/mol. The lowest BCUT2D eigenvalue weighted by Crippen LogP contribution is -1.95. The van der Waals surface area contributed by atoms with Gasteiger partial charge in [-0.3, -0.25) is 14.8 Å². The lowest BCUT2D eigenvalue weighted by molar-refractivity contribution is 0.101. The van der Waals surface area contributed by atoms with Gasteiger partial charge in [0.05, 0.1) is 0 Å². The molecule has 0 aliphatic rings. The molecule has 0 bridgehead atoms. The van der Waals surface area contributed by atoms with Gasteiger partial charge in [0, 0.05) is 30.9 Å². The highest BCUT2D eigenvalue weighted by molar-refractivity contribution is 5.95. The van der Waals surface area contributed by atoms with Gasteiger partial charge >= 0.3 is 0 Å². The summed E-state index contributed by atoms with van der Waals surface area (Å²) in [5.74, 6) is -0.0151. The van der Waals surface area contributed by atoms with Crippen LogP contribution in [-0.2, 0) is 0 Å². The van der Waals surface area contributed by atoms with Gasteiger partial charge in [0.2, 0.25) is 0 Å². The molecule has 2 heterocycles. The summed E-state index contributed by atoms with van der Waals surface area (Å²) in [5, 5.41) is 1.95. The highest BCUT2D eigenvalue weighted by atomic mass is 16.1. The van der Waals surface area contributed by atoms with Crippen LogP contribution < -0.4 is 0 Å². The highest BCUT2D eigenvalue weighted by Crippen LogP contribution is 2.11. The fourth-order valence-corrected chi connectivity index (χ4v) is 1.17. The molecule has 0 aliphatic carbocycles. The fourth-order valence-electron chi connectivity index (χ4n) is 1.17. The van der Waals surface area contributed by atoms with Gasteiger partial charge in [0.1, 0.15) is 5.69 Å². The number of rotatable bonds is 1. The van der Waals surface area contributed by atoms with E-state index < -0.39 is 0 Å². The average molecular weight is 172 g/mol. The maximum absolute atomic E-state index is 11.0. The van der Waals surface area contributed by atoms with Gasteiger partial charge in [-0.2, -0.15) is 0 Å². The van der Waals surface area contributed by atoms with Crippen molar-refractivity contribution in [2.75, 3.05) is 0 Å². The van der Waals surface area contributed by atoms with Gasteiger partial charge in [-0.1, -0.05) is 0 Å². The van der Waals surface area contributed by atoms with Crippen molar-refractivity contribution in [2.45, 2.75) is 6.92 Å². The maximum Gasteiger partial charge on any atom is 0.178 e. The molecular formula is C10H8N2O. The molecule has 0 unspecified atom stereocenters. The summed E-state index contributed by atoms with van der Waals surface area (Å²) in [6, 6.07) is 3.64. The molecule has 64 valence electrons. The number of pyridine rings is 2. The van der Waals surface area contributed by atoms with E-state index in [9.17, 15) is 4.79 Å². The van der Waals surface area contributed by atoms with Crippen molar-refractivity contribution in [3.8, 4) is 0 Å². The van der Waals surface area contributed by atoms with Crippen LogP contribution in [0.25, 0.3) is 10.8 Å². The van der Waals surface area contributed by atoms with Crippen LogP contribution in [-0.4, -0.2) is 15.8 Å². The highest BCUT2D eigenvalue weighted by Gasteiger charge is 2.01. The third-order valence-electron chi connectivity index (χ3n) is 1.88. The van der Waals surface area contributed by atoms with Crippen molar-refractivity contribution in [2.24, 2.45) is 0 Å². The number of hydrogen-bond donors (Lipinski definition) is 0. The zero-order valence-corrected chi connectivity index (χ0v) is 7.19. The van der Waals surface area contributed by atoms with E-state index in [1.54, 1.807) is 24.7 Å². The molecule has 2 aromatic heterocycles. The number of aromatic nitrogens is 2. The second-order valence-corrected chi connectivity index (χ2v) is 2.85. The maximum atomic E-state index is 11.0. The number of hydrogen-bond acceptors (Lipinski definition) is 3. The van der Waals surface area contributed by atoms with Crippen molar-refractivity contribution in [1.82, 2.24) is 9.97 Å². The summed E-state index contributed by atoms with van der Waals surface area (Å²) in [5.41, 5.74) is 0.499. The Labute approximate surface area is 75.4 Å². The van der Waals surface area contributed by atoms with Crippen LogP contribution in [0.4, 0.5) is 0 Å². The van der Waals surface area contributed by atoms with Gasteiger partial charge in [0.25, 0.3) is 0 Å². The number of ketones is 1. The van der Waals surface area contributed by atoms with E-state index in [-0.39, 0.29) is 5.78 Å². The first kappa shape index (κ1) is 7.86. The second-order valence-electron chi connectivity index (χ2n) is 2.85. The molecular weight excluding hydrogens is 164 g/mol. The predicted octanol–water partition coefficient (Wildman–Crippen LogP) is 1.83. The quantitative estimate of drug-likeness (QED) is 0.616. The van der Waals surface area contributed by atoms with Gasteiger partial charge in [-0.25, -0.2) is 0 Å². The molecule has 0 amide bonds. The van der Waals surface area contributed by atoms with Gasteiger partial charge in [-0.05, 0) is 17.5 Å². The van der Waals surface area contributed by atoms with Crippen LogP contribution in [0.3, 0.4) is 0 Å². The first-order valence-corrected chi connectivity index (χ1v) is 3.98. The van der Waals surface area contributed by atoms with E-state index in [1.807, 2.05) is 6.07 Å². The predicted molar refractivity (Wildman–Crippen MR) is 49.5 cm³/mol. The Morgan fingerprint density at radius 2 is 2.15 bits per heavy atom. The molecule has 0 aromatic carbocycles. The molecule has 3 nitrogen and oxygen atoms in total. The van der Waals surface area contributed by atoms with Crippen molar-refractivity contribution in [1.29, 1.82) is 0 Å². The Balaban J connectivity index is 2.69. The zero-order chi connectivity index (χ0) is 9.26. The number of nitrogens with zero attached hydrogens (tertiary/aromatic N) is 2. The van der Waals surface area contributed by atoms with Gasteiger partial charge in [-0.15, -0.1) is 0 Å². The molecule has 0 N–H and O–H groups in total. The van der Waals surface area contributed by atoms with E-state index in [0.717, 1.165) is 10.8 Å². The minimum Gasteiger partial charge on any atom is -0.293 e. The first-order valence-electron chi connectivity index (χ1n) is 3.98. The Kier molecular flexibility index (Phi) is 1.77. The molecule has 0 fully saturated rings. The van der Waals surface area contributed by atoms with Crippen LogP contribution in [0, 0.1) is 0 Å². The number of carbonyl (C=O) groups excluding carboxylic acids is 1. The molecule has 2 aromatic rings. The largest absolute Gasteiger partial charge is 0.293 e. The van der Waals surface area contributed by atoms with Crippen LogP contribution in [0.15, 0.2) is 30.7 Å². The Morgan fingerprint density at radius 1 is 1.31 bits per heavy atom. The Morgan fingerprint density at radius 3 is 2.92 bits per heavy atom. The number of Topliss-reactive ketones (excluding diaryl/α,β-unsaturated/α-hetero) is 1. The minimum absolute atomic E-state index is 0.0151. The Hall–Kier alpha value is -1.77. The SMILES string of the molecule is CC(=O)c1cc2ccncc2cn1. The summed E-state index contributed by atoms with van der Waals surface area (Å²) >= 11 is 0. The molecule has 0 saturated carbocycles. The molecule has 0 radical (unpaired) electrons. The van der Waals surface area contributed by atoms with Crippen molar-refractivity contribution in [3.63, 3.8) is 0 Å². The van der Waals surface area contributed by atoms with E-state index in [1.165, 1.54) is 6.92 Å². The molecule has 0 saturated heterocycles. The smallest absolute Gasteiger partial charge is 0.178 e. The standard InChI is InChI=1S/C10H8N2O/c1-7(13)10-4-8-2-3-11-5-9(8)6-12-10/h2-6H,1H3. The van der Waals surface area contributed by atoms with Crippen molar-refractivity contribution >= 4 is 16.6 Å². The minimum atomic E-state index is -0.0151. The van der Waals surface area contributed by atoms with E-state index in [0.29, 0.717) is 5.69 Å². The molecule has 0 atom stereocenters. The lowest BCUT2D eigenvalue weighted by Gasteiger charge is -1.97.